The molecule has 0 atom stereocenters. The Hall–Kier alpha value is -1.24. The van der Waals surface area contributed by atoms with Gasteiger partial charge in [0.25, 0.3) is 0 Å². The Morgan fingerprint density at radius 2 is 1.94 bits per heavy atom. The van der Waals surface area contributed by atoms with Crippen LogP contribution in [0.25, 0.3) is 6.08 Å². The molecule has 1 fully saturated rings. The number of hydrogen-bond donors (Lipinski definition) is 0. The van der Waals surface area contributed by atoms with E-state index in [0.717, 1.165) is 18.8 Å². The zero-order chi connectivity index (χ0) is 11.2. The molecule has 0 unspecified atom stereocenters. The largest absolute Gasteiger partial charge is 0.494 e. The van der Waals surface area contributed by atoms with E-state index in [4.69, 9.17) is 4.74 Å². The van der Waals surface area contributed by atoms with E-state index in [1.807, 2.05) is 0 Å². The van der Waals surface area contributed by atoms with E-state index in [0.29, 0.717) is 0 Å². The maximum Gasteiger partial charge on any atom is 0.119 e. The summed E-state index contributed by atoms with van der Waals surface area (Å²) in [6.07, 6.45) is 8.56. The van der Waals surface area contributed by atoms with Gasteiger partial charge in [-0.2, -0.15) is 0 Å². The second-order valence-electron chi connectivity index (χ2n) is 4.43. The molecule has 86 valence electrons. The van der Waals surface area contributed by atoms with Crippen molar-refractivity contribution in [1.29, 1.82) is 0 Å². The predicted molar refractivity (Wildman–Crippen MR) is 68.7 cm³/mol. The summed E-state index contributed by atoms with van der Waals surface area (Å²) in [6, 6.07) is 8.43. The Balaban J connectivity index is 1.88. The van der Waals surface area contributed by atoms with E-state index in [1.165, 1.54) is 31.2 Å². The van der Waals surface area contributed by atoms with Gasteiger partial charge in [0.2, 0.25) is 0 Å². The van der Waals surface area contributed by atoms with Gasteiger partial charge in [0.15, 0.2) is 0 Å². The van der Waals surface area contributed by atoms with Crippen molar-refractivity contribution in [3.8, 4) is 5.75 Å². The lowest BCUT2D eigenvalue weighted by molar-refractivity contribution is 0.309. The minimum absolute atomic E-state index is 0.830. The number of allylic oxidation sites excluding steroid dienone is 1. The molecule has 0 amide bonds. The standard InChI is InChI=1S/C15H20O/c1-2-3-11-16-15-9-7-14(8-10-15)12-13-5-4-6-13/h7-10,12H,2-6,11H2,1H3. The Morgan fingerprint density at radius 1 is 1.19 bits per heavy atom. The first-order valence-electron chi connectivity index (χ1n) is 6.31. The SMILES string of the molecule is CCCCOc1ccc(C=C2CCC2)cc1. The van der Waals surface area contributed by atoms with Crippen LogP contribution in [-0.2, 0) is 0 Å². The molecule has 0 N–H and O–H groups in total. The highest BCUT2D eigenvalue weighted by atomic mass is 16.5. The Morgan fingerprint density at radius 3 is 2.50 bits per heavy atom. The molecule has 16 heavy (non-hydrogen) atoms. The Kier molecular flexibility index (Phi) is 4.03. The molecule has 0 aliphatic heterocycles. The average Bonchev–Trinajstić information content (AvgIpc) is 2.26. The fraction of sp³-hybridized carbons (Fsp3) is 0.467. The third kappa shape index (κ3) is 3.13. The molecule has 0 spiro atoms. The summed E-state index contributed by atoms with van der Waals surface area (Å²) in [7, 11) is 0. The molecule has 1 saturated carbocycles. The van der Waals surface area contributed by atoms with Gasteiger partial charge in [0, 0.05) is 0 Å². The molecular formula is C15H20O. The fourth-order valence-electron chi connectivity index (χ4n) is 1.76. The van der Waals surface area contributed by atoms with E-state index in [9.17, 15) is 0 Å². The molecule has 1 nitrogen and oxygen atoms in total. The van der Waals surface area contributed by atoms with Gasteiger partial charge in [-0.1, -0.05) is 37.1 Å². The first-order valence-corrected chi connectivity index (χ1v) is 6.31. The van der Waals surface area contributed by atoms with Gasteiger partial charge >= 0.3 is 0 Å². The van der Waals surface area contributed by atoms with E-state index in [1.54, 1.807) is 5.57 Å². The van der Waals surface area contributed by atoms with Crippen molar-refractivity contribution < 1.29 is 4.74 Å². The zero-order valence-corrected chi connectivity index (χ0v) is 10.0. The third-order valence-corrected chi connectivity index (χ3v) is 3.01. The Labute approximate surface area is 98.1 Å². The lowest BCUT2D eigenvalue weighted by atomic mass is 9.91. The van der Waals surface area contributed by atoms with E-state index in [2.05, 4.69) is 37.3 Å². The molecule has 0 aromatic heterocycles. The predicted octanol–water partition coefficient (Wildman–Crippen LogP) is 4.43. The average molecular weight is 216 g/mol. The van der Waals surface area contributed by atoms with Crippen LogP contribution in [0, 0.1) is 0 Å². The molecule has 0 bridgehead atoms. The van der Waals surface area contributed by atoms with Crippen LogP contribution in [0.2, 0.25) is 0 Å². The molecule has 1 aromatic rings. The number of hydrogen-bond acceptors (Lipinski definition) is 1. The number of ether oxygens (including phenoxy) is 1. The van der Waals surface area contributed by atoms with Crippen molar-refractivity contribution in [2.75, 3.05) is 6.61 Å². The summed E-state index contributed by atoms with van der Waals surface area (Å²) in [5.41, 5.74) is 2.89. The monoisotopic (exact) mass is 216 g/mol. The second-order valence-corrected chi connectivity index (χ2v) is 4.43. The van der Waals surface area contributed by atoms with Gasteiger partial charge in [-0.25, -0.2) is 0 Å². The molecule has 1 aliphatic carbocycles. The zero-order valence-electron chi connectivity index (χ0n) is 10.0. The van der Waals surface area contributed by atoms with Crippen LogP contribution in [0.1, 0.15) is 44.6 Å². The maximum atomic E-state index is 5.63. The number of benzene rings is 1. The van der Waals surface area contributed by atoms with E-state index < -0.39 is 0 Å². The van der Waals surface area contributed by atoms with Crippen LogP contribution in [-0.4, -0.2) is 6.61 Å². The third-order valence-electron chi connectivity index (χ3n) is 3.01. The molecular weight excluding hydrogens is 196 g/mol. The lowest BCUT2D eigenvalue weighted by Gasteiger charge is -2.15. The van der Waals surface area contributed by atoms with Crippen molar-refractivity contribution in [2.45, 2.75) is 39.0 Å². The van der Waals surface area contributed by atoms with Gasteiger partial charge in [-0.3, -0.25) is 0 Å². The molecule has 1 aliphatic rings. The summed E-state index contributed by atoms with van der Waals surface area (Å²) < 4.78 is 5.63. The van der Waals surface area contributed by atoms with Crippen molar-refractivity contribution in [3.05, 3.63) is 35.4 Å². The van der Waals surface area contributed by atoms with E-state index in [-0.39, 0.29) is 0 Å². The minimum atomic E-state index is 0.830. The highest BCUT2D eigenvalue weighted by Crippen LogP contribution is 2.27. The quantitative estimate of drug-likeness (QED) is 0.661. The first kappa shape index (κ1) is 11.3. The highest BCUT2D eigenvalue weighted by molar-refractivity contribution is 5.55. The highest BCUT2D eigenvalue weighted by Gasteiger charge is 2.07. The summed E-state index contributed by atoms with van der Waals surface area (Å²) in [6.45, 7) is 3.01. The van der Waals surface area contributed by atoms with Crippen LogP contribution in [0.3, 0.4) is 0 Å². The normalized spacial score (nSPS) is 14.4. The number of rotatable bonds is 5. The van der Waals surface area contributed by atoms with Gasteiger partial charge < -0.3 is 4.74 Å². The van der Waals surface area contributed by atoms with Gasteiger partial charge in [-0.15, -0.1) is 0 Å². The smallest absolute Gasteiger partial charge is 0.119 e. The first-order chi connectivity index (χ1) is 7.88. The van der Waals surface area contributed by atoms with E-state index >= 15 is 0 Å². The Bertz CT molecular complexity index is 342. The molecule has 0 radical (unpaired) electrons. The van der Waals surface area contributed by atoms with Crippen molar-refractivity contribution in [2.24, 2.45) is 0 Å². The second kappa shape index (κ2) is 5.74. The molecule has 2 rings (SSSR count). The van der Waals surface area contributed by atoms with Gasteiger partial charge in [0.1, 0.15) is 5.75 Å². The minimum Gasteiger partial charge on any atom is -0.494 e. The van der Waals surface area contributed by atoms with Gasteiger partial charge in [-0.05, 0) is 43.4 Å². The fourth-order valence-corrected chi connectivity index (χ4v) is 1.76. The van der Waals surface area contributed by atoms with Crippen molar-refractivity contribution in [1.82, 2.24) is 0 Å². The van der Waals surface area contributed by atoms with Crippen LogP contribution < -0.4 is 4.74 Å². The lowest BCUT2D eigenvalue weighted by Crippen LogP contribution is -1.97. The van der Waals surface area contributed by atoms with Crippen LogP contribution >= 0.6 is 0 Å². The van der Waals surface area contributed by atoms with Crippen LogP contribution in [0.4, 0.5) is 0 Å². The maximum absolute atomic E-state index is 5.63. The van der Waals surface area contributed by atoms with Crippen LogP contribution in [0.15, 0.2) is 29.8 Å². The van der Waals surface area contributed by atoms with Crippen molar-refractivity contribution in [3.63, 3.8) is 0 Å². The van der Waals surface area contributed by atoms with Crippen molar-refractivity contribution >= 4 is 6.08 Å². The van der Waals surface area contributed by atoms with Crippen LogP contribution in [0.5, 0.6) is 5.75 Å². The summed E-state index contributed by atoms with van der Waals surface area (Å²) in [5.74, 6) is 0.990. The van der Waals surface area contributed by atoms with Gasteiger partial charge in [0.05, 0.1) is 6.61 Å². The number of unbranched alkanes of at least 4 members (excludes halogenated alkanes) is 1. The summed E-state index contributed by atoms with van der Waals surface area (Å²) in [5, 5.41) is 0. The summed E-state index contributed by atoms with van der Waals surface area (Å²) in [4.78, 5) is 0. The topological polar surface area (TPSA) is 9.23 Å². The molecule has 1 aromatic carbocycles. The summed E-state index contributed by atoms with van der Waals surface area (Å²) >= 11 is 0. The molecule has 0 heterocycles. The molecule has 0 saturated heterocycles. The molecule has 1 heteroatoms.